The van der Waals surface area contributed by atoms with Crippen LogP contribution in [0, 0.1) is 11.8 Å². The highest BCUT2D eigenvalue weighted by molar-refractivity contribution is 5.76. The summed E-state index contributed by atoms with van der Waals surface area (Å²) in [4.78, 5) is 17.0. The highest BCUT2D eigenvalue weighted by Crippen LogP contribution is 2.22. The second-order valence-electron chi connectivity index (χ2n) is 7.13. The van der Waals surface area contributed by atoms with Crippen molar-refractivity contribution in [3.05, 3.63) is 0 Å². The number of nitrogens with zero attached hydrogens (tertiary/aromatic N) is 2. The number of hydrogen-bond donors (Lipinski definition) is 1. The number of likely N-dealkylation sites (tertiary alicyclic amines) is 2. The van der Waals surface area contributed by atoms with Gasteiger partial charge in [0.2, 0.25) is 5.91 Å². The molecule has 0 aromatic heterocycles. The standard InChI is InChI=1S/C17H33N3O2/c1-14-5-8-19(9-6-14)12-15-4-3-7-20(13-15)17(21)10-16(11-18)22-2/h14-16H,3-13,18H2,1-2H3. The lowest BCUT2D eigenvalue weighted by atomic mass is 9.94. The zero-order valence-corrected chi connectivity index (χ0v) is 14.3. The molecule has 2 saturated heterocycles. The fourth-order valence-corrected chi connectivity index (χ4v) is 3.64. The molecule has 0 spiro atoms. The van der Waals surface area contributed by atoms with Gasteiger partial charge in [0, 0.05) is 33.3 Å². The lowest BCUT2D eigenvalue weighted by Gasteiger charge is -2.38. The van der Waals surface area contributed by atoms with E-state index in [0.717, 1.165) is 32.0 Å². The molecule has 22 heavy (non-hydrogen) atoms. The highest BCUT2D eigenvalue weighted by atomic mass is 16.5. The minimum absolute atomic E-state index is 0.142. The summed E-state index contributed by atoms with van der Waals surface area (Å²) in [6.07, 6.45) is 5.29. The van der Waals surface area contributed by atoms with E-state index in [-0.39, 0.29) is 12.0 Å². The van der Waals surface area contributed by atoms with E-state index < -0.39 is 0 Å². The van der Waals surface area contributed by atoms with Gasteiger partial charge < -0.3 is 20.3 Å². The number of methoxy groups -OCH3 is 1. The Morgan fingerprint density at radius 2 is 2.00 bits per heavy atom. The van der Waals surface area contributed by atoms with Crippen molar-refractivity contribution < 1.29 is 9.53 Å². The Morgan fingerprint density at radius 1 is 1.27 bits per heavy atom. The molecular weight excluding hydrogens is 278 g/mol. The zero-order chi connectivity index (χ0) is 15.9. The van der Waals surface area contributed by atoms with Crippen LogP contribution in [0.15, 0.2) is 0 Å². The normalized spacial score (nSPS) is 26.1. The van der Waals surface area contributed by atoms with E-state index in [1.165, 1.54) is 32.4 Å². The maximum Gasteiger partial charge on any atom is 0.225 e. The number of carbonyl (C=O) groups excluding carboxylic acids is 1. The van der Waals surface area contributed by atoms with Gasteiger partial charge in [-0.3, -0.25) is 4.79 Å². The lowest BCUT2D eigenvalue weighted by molar-refractivity contribution is -0.135. The minimum atomic E-state index is -0.142. The first kappa shape index (κ1) is 17.7. The van der Waals surface area contributed by atoms with Crippen molar-refractivity contribution in [2.24, 2.45) is 17.6 Å². The Morgan fingerprint density at radius 3 is 2.64 bits per heavy atom. The number of rotatable bonds is 6. The van der Waals surface area contributed by atoms with Crippen molar-refractivity contribution in [1.82, 2.24) is 9.80 Å². The third kappa shape index (κ3) is 5.21. The number of amides is 1. The molecule has 5 nitrogen and oxygen atoms in total. The Bertz CT molecular complexity index is 339. The molecule has 2 aliphatic rings. The maximum absolute atomic E-state index is 12.4. The summed E-state index contributed by atoms with van der Waals surface area (Å²) in [7, 11) is 1.63. The monoisotopic (exact) mass is 311 g/mol. The van der Waals surface area contributed by atoms with E-state index in [9.17, 15) is 4.79 Å². The molecule has 1 amide bonds. The second kappa shape index (κ2) is 8.85. The molecular formula is C17H33N3O2. The quantitative estimate of drug-likeness (QED) is 0.804. The fourth-order valence-electron chi connectivity index (χ4n) is 3.64. The fraction of sp³-hybridized carbons (Fsp3) is 0.941. The molecule has 0 aromatic rings. The van der Waals surface area contributed by atoms with Gasteiger partial charge in [-0.15, -0.1) is 0 Å². The molecule has 2 heterocycles. The van der Waals surface area contributed by atoms with Crippen molar-refractivity contribution in [1.29, 1.82) is 0 Å². The number of hydrogen-bond acceptors (Lipinski definition) is 4. The molecule has 0 aromatic carbocycles. The van der Waals surface area contributed by atoms with Gasteiger partial charge in [0.25, 0.3) is 0 Å². The zero-order valence-electron chi connectivity index (χ0n) is 14.3. The smallest absolute Gasteiger partial charge is 0.225 e. The van der Waals surface area contributed by atoms with Crippen molar-refractivity contribution in [2.45, 2.75) is 45.1 Å². The molecule has 2 fully saturated rings. The molecule has 0 saturated carbocycles. The van der Waals surface area contributed by atoms with Crippen LogP contribution in [0.5, 0.6) is 0 Å². The van der Waals surface area contributed by atoms with E-state index in [1.54, 1.807) is 7.11 Å². The highest BCUT2D eigenvalue weighted by Gasteiger charge is 2.27. The lowest BCUT2D eigenvalue weighted by Crippen LogP contribution is -2.46. The van der Waals surface area contributed by atoms with Crippen LogP contribution < -0.4 is 5.73 Å². The van der Waals surface area contributed by atoms with Crippen LogP contribution in [0.2, 0.25) is 0 Å². The first-order valence-electron chi connectivity index (χ1n) is 8.85. The second-order valence-corrected chi connectivity index (χ2v) is 7.13. The number of carbonyl (C=O) groups is 1. The number of nitrogens with two attached hydrogens (primary N) is 1. The summed E-state index contributed by atoms with van der Waals surface area (Å²) in [6.45, 7) is 8.17. The topological polar surface area (TPSA) is 58.8 Å². The van der Waals surface area contributed by atoms with Crippen LogP contribution in [0.1, 0.15) is 39.0 Å². The Hall–Kier alpha value is -0.650. The predicted molar refractivity (Wildman–Crippen MR) is 88.6 cm³/mol. The van der Waals surface area contributed by atoms with Crippen LogP contribution in [0.25, 0.3) is 0 Å². The van der Waals surface area contributed by atoms with Gasteiger partial charge >= 0.3 is 0 Å². The van der Waals surface area contributed by atoms with Crippen molar-refractivity contribution in [3.8, 4) is 0 Å². The summed E-state index contributed by atoms with van der Waals surface area (Å²) >= 11 is 0. The maximum atomic E-state index is 12.4. The molecule has 2 aliphatic heterocycles. The van der Waals surface area contributed by atoms with Gasteiger partial charge in [0.1, 0.15) is 0 Å². The molecule has 2 unspecified atom stereocenters. The van der Waals surface area contributed by atoms with Gasteiger partial charge in [-0.1, -0.05) is 6.92 Å². The molecule has 0 bridgehead atoms. The van der Waals surface area contributed by atoms with Gasteiger partial charge in [-0.25, -0.2) is 0 Å². The van der Waals surface area contributed by atoms with Crippen LogP contribution in [0.4, 0.5) is 0 Å². The third-order valence-corrected chi connectivity index (χ3v) is 5.26. The van der Waals surface area contributed by atoms with Crippen molar-refractivity contribution in [3.63, 3.8) is 0 Å². The number of ether oxygens (including phenoxy) is 1. The summed E-state index contributed by atoms with van der Waals surface area (Å²) in [5.41, 5.74) is 5.62. The van der Waals surface area contributed by atoms with Gasteiger partial charge in [0.15, 0.2) is 0 Å². The molecule has 2 rings (SSSR count). The minimum Gasteiger partial charge on any atom is -0.380 e. The van der Waals surface area contributed by atoms with Gasteiger partial charge in [-0.2, -0.15) is 0 Å². The van der Waals surface area contributed by atoms with E-state index in [2.05, 4.69) is 11.8 Å². The summed E-state index contributed by atoms with van der Waals surface area (Å²) in [6, 6.07) is 0. The molecule has 2 N–H and O–H groups in total. The average Bonchev–Trinajstić information content (AvgIpc) is 2.55. The Balaban J connectivity index is 1.77. The molecule has 0 aliphatic carbocycles. The predicted octanol–water partition coefficient (Wildman–Crippen LogP) is 1.32. The van der Waals surface area contributed by atoms with Crippen LogP contribution in [-0.2, 0) is 9.53 Å². The third-order valence-electron chi connectivity index (χ3n) is 5.26. The summed E-state index contributed by atoms with van der Waals surface area (Å²) in [5.74, 6) is 1.71. The van der Waals surface area contributed by atoms with E-state index in [1.807, 2.05) is 4.90 Å². The van der Waals surface area contributed by atoms with Crippen molar-refractivity contribution >= 4 is 5.91 Å². The first-order valence-corrected chi connectivity index (χ1v) is 8.85. The van der Waals surface area contributed by atoms with Gasteiger partial charge in [-0.05, 0) is 50.6 Å². The van der Waals surface area contributed by atoms with E-state index >= 15 is 0 Å². The Labute approximate surface area is 135 Å². The van der Waals surface area contributed by atoms with Crippen LogP contribution >= 0.6 is 0 Å². The van der Waals surface area contributed by atoms with Crippen LogP contribution in [0.3, 0.4) is 0 Å². The first-order chi connectivity index (χ1) is 10.6. The number of piperidine rings is 2. The molecule has 128 valence electrons. The van der Waals surface area contributed by atoms with Gasteiger partial charge in [0.05, 0.1) is 12.5 Å². The van der Waals surface area contributed by atoms with E-state index in [4.69, 9.17) is 10.5 Å². The summed E-state index contributed by atoms with van der Waals surface area (Å²) in [5, 5.41) is 0. The largest absolute Gasteiger partial charge is 0.380 e. The summed E-state index contributed by atoms with van der Waals surface area (Å²) < 4.78 is 5.24. The molecule has 2 atom stereocenters. The SMILES string of the molecule is COC(CN)CC(=O)N1CCCC(CN2CCC(C)CC2)C1. The molecule has 0 radical (unpaired) electrons. The average molecular weight is 311 g/mol. The molecule has 5 heteroatoms. The van der Waals surface area contributed by atoms with Crippen molar-refractivity contribution in [2.75, 3.05) is 46.4 Å². The van der Waals surface area contributed by atoms with Crippen LogP contribution in [-0.4, -0.2) is 68.2 Å². The van der Waals surface area contributed by atoms with E-state index in [0.29, 0.717) is 18.9 Å². The Kier molecular flexibility index (Phi) is 7.12.